The third-order valence-electron chi connectivity index (χ3n) is 4.56. The predicted octanol–water partition coefficient (Wildman–Crippen LogP) is 2.92. The third kappa shape index (κ3) is 5.74. The van der Waals surface area contributed by atoms with Crippen molar-refractivity contribution >= 4 is 17.7 Å². The molecule has 1 N–H and O–H groups in total. The number of aryl methyl sites for hydroxylation is 1. The highest BCUT2D eigenvalue weighted by Crippen LogP contribution is 2.25. The number of allylic oxidation sites excluding steroid dienone is 2. The summed E-state index contributed by atoms with van der Waals surface area (Å²) in [5, 5.41) is 30.2. The van der Waals surface area contributed by atoms with E-state index in [1.807, 2.05) is 0 Å². The first kappa shape index (κ1) is 23.3. The fourth-order valence-corrected chi connectivity index (χ4v) is 3.01. The molecule has 1 aromatic rings. The second-order valence-electron chi connectivity index (χ2n) is 7.97. The molecule has 31 heavy (non-hydrogen) atoms. The molecule has 0 radical (unpaired) electrons. The second-order valence-corrected chi connectivity index (χ2v) is 7.97. The van der Waals surface area contributed by atoms with E-state index in [1.54, 1.807) is 73.9 Å². The van der Waals surface area contributed by atoms with Crippen molar-refractivity contribution in [2.75, 3.05) is 31.5 Å². The molecule has 0 saturated carbocycles. The van der Waals surface area contributed by atoms with Crippen LogP contribution in [0.25, 0.3) is 0 Å². The van der Waals surface area contributed by atoms with Gasteiger partial charge in [0, 0.05) is 26.2 Å². The van der Waals surface area contributed by atoms with E-state index in [0.29, 0.717) is 43.0 Å². The lowest BCUT2D eigenvalue weighted by atomic mass is 10.1. The van der Waals surface area contributed by atoms with Crippen molar-refractivity contribution in [3.8, 4) is 18.2 Å². The van der Waals surface area contributed by atoms with Crippen molar-refractivity contribution in [2.24, 2.45) is 0 Å². The monoisotopic (exact) mass is 420 g/mol. The van der Waals surface area contributed by atoms with Crippen molar-refractivity contribution < 1.29 is 14.3 Å². The molecule has 1 aliphatic rings. The number of nitrogens with one attached hydrogen (secondary N) is 1. The number of rotatable bonds is 3. The molecule has 0 unspecified atom stereocenters. The Bertz CT molecular complexity index is 1010. The average Bonchev–Trinajstić information content (AvgIpc) is 2.73. The van der Waals surface area contributed by atoms with E-state index in [4.69, 9.17) is 15.3 Å². The van der Waals surface area contributed by atoms with Gasteiger partial charge in [-0.2, -0.15) is 15.8 Å². The van der Waals surface area contributed by atoms with Gasteiger partial charge in [0.2, 0.25) is 0 Å². The molecule has 2 amide bonds. The summed E-state index contributed by atoms with van der Waals surface area (Å²) in [6.07, 6.45) is -0.415. The number of benzene rings is 1. The normalized spacial score (nSPS) is 13.3. The summed E-state index contributed by atoms with van der Waals surface area (Å²) in [7, 11) is 0. The average molecular weight is 420 g/mol. The first-order valence-corrected chi connectivity index (χ1v) is 9.69. The minimum Gasteiger partial charge on any atom is -0.444 e. The summed E-state index contributed by atoms with van der Waals surface area (Å²) in [5.41, 5.74) is 0.180. The van der Waals surface area contributed by atoms with Crippen LogP contribution in [0.4, 0.5) is 10.5 Å². The molecule has 9 nitrogen and oxygen atoms in total. The highest BCUT2D eigenvalue weighted by Gasteiger charge is 2.29. The van der Waals surface area contributed by atoms with Crippen LogP contribution in [0.5, 0.6) is 0 Å². The van der Waals surface area contributed by atoms with Crippen LogP contribution in [0.3, 0.4) is 0 Å². The van der Waals surface area contributed by atoms with Gasteiger partial charge in [-0.05, 0) is 39.3 Å². The topological polar surface area (TPSA) is 133 Å². The highest BCUT2D eigenvalue weighted by molar-refractivity contribution is 6.01. The van der Waals surface area contributed by atoms with Crippen molar-refractivity contribution in [1.29, 1.82) is 15.8 Å². The van der Waals surface area contributed by atoms with Crippen molar-refractivity contribution in [2.45, 2.75) is 33.3 Å². The summed E-state index contributed by atoms with van der Waals surface area (Å²) in [6.45, 7) is 8.48. The van der Waals surface area contributed by atoms with Gasteiger partial charge in [0.05, 0.1) is 11.3 Å². The second kappa shape index (κ2) is 9.65. The molecule has 2 rings (SSSR count). The van der Waals surface area contributed by atoms with E-state index in [1.165, 1.54) is 0 Å². The number of ether oxygens (including phenoxy) is 1. The third-order valence-corrected chi connectivity index (χ3v) is 4.56. The van der Waals surface area contributed by atoms with Crippen molar-refractivity contribution in [3.63, 3.8) is 0 Å². The van der Waals surface area contributed by atoms with Gasteiger partial charge in [-0.25, -0.2) is 4.79 Å². The van der Waals surface area contributed by atoms with E-state index >= 15 is 0 Å². The van der Waals surface area contributed by atoms with Gasteiger partial charge < -0.3 is 19.9 Å². The quantitative estimate of drug-likeness (QED) is 0.743. The zero-order valence-corrected chi connectivity index (χ0v) is 18.0. The van der Waals surface area contributed by atoms with Gasteiger partial charge in [-0.3, -0.25) is 4.79 Å². The molecule has 0 spiro atoms. The smallest absolute Gasteiger partial charge is 0.410 e. The number of nitrogens with zero attached hydrogens (tertiary/aromatic N) is 5. The Morgan fingerprint density at radius 2 is 1.58 bits per heavy atom. The van der Waals surface area contributed by atoms with Crippen LogP contribution < -0.4 is 5.32 Å². The number of hydrogen-bond donors (Lipinski definition) is 1. The largest absolute Gasteiger partial charge is 0.444 e. The van der Waals surface area contributed by atoms with Gasteiger partial charge in [0.1, 0.15) is 29.5 Å². The number of piperazine rings is 1. The van der Waals surface area contributed by atoms with E-state index < -0.39 is 11.7 Å². The molecule has 1 fully saturated rings. The molecule has 0 bridgehead atoms. The Kier molecular flexibility index (Phi) is 7.24. The maximum absolute atomic E-state index is 13.2. The molecular formula is C22H24N6O3. The first-order valence-electron chi connectivity index (χ1n) is 9.69. The van der Waals surface area contributed by atoms with E-state index in [-0.39, 0.29) is 17.2 Å². The lowest BCUT2D eigenvalue weighted by Gasteiger charge is -2.36. The van der Waals surface area contributed by atoms with Crippen LogP contribution >= 0.6 is 0 Å². The Morgan fingerprint density at radius 3 is 2.10 bits per heavy atom. The molecule has 1 heterocycles. The molecule has 160 valence electrons. The Hall–Kier alpha value is -4.03. The Labute approximate surface area is 181 Å². The lowest BCUT2D eigenvalue weighted by molar-refractivity contribution is 0.0141. The van der Waals surface area contributed by atoms with Crippen LogP contribution in [-0.2, 0) is 4.74 Å². The standard InChI is InChI=1S/C22H24N6O3/c1-15-6-5-7-17(19(15)26-18(14-25)16(12-23)13-24)20(29)27-8-10-28(11-9-27)21(30)31-22(2,3)4/h5-7,26H,8-11H2,1-4H3. The first-order chi connectivity index (χ1) is 14.6. The van der Waals surface area contributed by atoms with Crippen LogP contribution in [0.2, 0.25) is 0 Å². The van der Waals surface area contributed by atoms with Crippen LogP contribution in [0.15, 0.2) is 29.5 Å². The summed E-state index contributed by atoms with van der Waals surface area (Å²) >= 11 is 0. The Morgan fingerprint density at radius 1 is 1.00 bits per heavy atom. The number of amides is 2. The SMILES string of the molecule is Cc1cccc(C(=O)N2CCN(C(=O)OC(C)(C)C)CC2)c1NC(C#N)=C(C#N)C#N. The zero-order valence-electron chi connectivity index (χ0n) is 18.0. The van der Waals surface area contributed by atoms with E-state index in [2.05, 4.69) is 5.32 Å². The molecule has 1 saturated heterocycles. The van der Waals surface area contributed by atoms with Crippen LogP contribution in [-0.4, -0.2) is 53.6 Å². The van der Waals surface area contributed by atoms with Gasteiger partial charge >= 0.3 is 6.09 Å². The van der Waals surface area contributed by atoms with Crippen LogP contribution in [0, 0.1) is 40.9 Å². The molecular weight excluding hydrogens is 396 g/mol. The predicted molar refractivity (Wildman–Crippen MR) is 112 cm³/mol. The molecule has 0 atom stereocenters. The van der Waals surface area contributed by atoms with Gasteiger partial charge in [-0.1, -0.05) is 12.1 Å². The highest BCUT2D eigenvalue weighted by atomic mass is 16.6. The van der Waals surface area contributed by atoms with Gasteiger partial charge in [0.25, 0.3) is 5.91 Å². The summed E-state index contributed by atoms with van der Waals surface area (Å²) in [6, 6.07) is 10.2. The summed E-state index contributed by atoms with van der Waals surface area (Å²) < 4.78 is 5.38. The van der Waals surface area contributed by atoms with Crippen molar-refractivity contribution in [3.05, 3.63) is 40.6 Å². The van der Waals surface area contributed by atoms with Gasteiger partial charge in [0.15, 0.2) is 5.57 Å². The van der Waals surface area contributed by atoms with Gasteiger partial charge in [-0.15, -0.1) is 0 Å². The Balaban J connectivity index is 2.21. The van der Waals surface area contributed by atoms with E-state index in [0.717, 1.165) is 0 Å². The zero-order chi connectivity index (χ0) is 23.2. The van der Waals surface area contributed by atoms with Crippen molar-refractivity contribution in [1.82, 2.24) is 9.80 Å². The molecule has 9 heteroatoms. The number of carbonyl (C=O) groups excluding carboxylic acids is 2. The minimum absolute atomic E-state index is 0.219. The summed E-state index contributed by atoms with van der Waals surface area (Å²) in [5.74, 6) is -0.275. The molecule has 0 aliphatic carbocycles. The number of anilines is 1. The minimum atomic E-state index is -0.593. The van der Waals surface area contributed by atoms with E-state index in [9.17, 15) is 14.9 Å². The summed E-state index contributed by atoms with van der Waals surface area (Å²) in [4.78, 5) is 28.6. The number of carbonyl (C=O) groups is 2. The fourth-order valence-electron chi connectivity index (χ4n) is 3.01. The molecule has 1 aliphatic heterocycles. The maximum atomic E-state index is 13.2. The lowest BCUT2D eigenvalue weighted by Crippen LogP contribution is -2.51. The van der Waals surface area contributed by atoms with Crippen LogP contribution in [0.1, 0.15) is 36.7 Å². The maximum Gasteiger partial charge on any atom is 0.410 e. The fraction of sp³-hybridized carbons (Fsp3) is 0.409. The number of nitriles is 3. The number of hydrogen-bond acceptors (Lipinski definition) is 7. The number of para-hydroxylation sites is 1. The molecule has 1 aromatic carbocycles. The molecule has 0 aromatic heterocycles.